The monoisotopic (exact) mass is 323 g/mol. The van der Waals surface area contributed by atoms with E-state index in [0.717, 1.165) is 33.1 Å². The molecule has 0 atom stereocenters. The van der Waals surface area contributed by atoms with Crippen molar-refractivity contribution in [1.29, 1.82) is 5.26 Å². The van der Waals surface area contributed by atoms with Gasteiger partial charge in [-0.1, -0.05) is 48.5 Å². The summed E-state index contributed by atoms with van der Waals surface area (Å²) in [5.41, 5.74) is 5.10. The Morgan fingerprint density at radius 1 is 1.04 bits per heavy atom. The number of nitriles is 1. The Hall–Kier alpha value is -3.58. The summed E-state index contributed by atoms with van der Waals surface area (Å²) in [6.07, 6.45) is 3.34. The molecule has 0 bridgehead atoms. The third-order valence-corrected chi connectivity index (χ3v) is 4.58. The van der Waals surface area contributed by atoms with E-state index in [0.29, 0.717) is 11.1 Å². The maximum absolute atomic E-state index is 9.32. The number of para-hydroxylation sites is 2. The number of hydrogen-bond acceptors (Lipinski definition) is 2. The van der Waals surface area contributed by atoms with Crippen LogP contribution in [0, 0.1) is 17.7 Å². The number of furan rings is 1. The molecule has 0 unspecified atom stereocenters. The van der Waals surface area contributed by atoms with Crippen molar-refractivity contribution in [2.24, 2.45) is 7.05 Å². The van der Waals surface area contributed by atoms with E-state index in [9.17, 15) is 5.26 Å². The molecule has 0 aliphatic heterocycles. The minimum Gasteiger partial charge on any atom is -0.455 e. The van der Waals surface area contributed by atoms with Crippen molar-refractivity contribution in [1.82, 2.24) is 4.57 Å². The maximum atomic E-state index is 9.32. The molecule has 2 heterocycles. The number of nitrogens with zero attached hydrogens (tertiary/aromatic N) is 3. The van der Waals surface area contributed by atoms with E-state index in [2.05, 4.69) is 30.6 Å². The Morgan fingerprint density at radius 2 is 1.88 bits per heavy atom. The molecule has 5 aromatic rings. The maximum Gasteiger partial charge on any atom is 0.244 e. The summed E-state index contributed by atoms with van der Waals surface area (Å²) >= 11 is 0. The molecule has 118 valence electrons. The third kappa shape index (κ3) is 1.90. The molecule has 0 aliphatic carbocycles. The zero-order chi connectivity index (χ0) is 17.0. The van der Waals surface area contributed by atoms with E-state index in [4.69, 9.17) is 4.42 Å². The second-order valence-electron chi connectivity index (χ2n) is 6.06. The highest BCUT2D eigenvalue weighted by atomic mass is 16.3. The number of rotatable bonds is 1. The molecule has 0 spiro atoms. The van der Waals surface area contributed by atoms with Gasteiger partial charge < -0.3 is 13.6 Å². The molecule has 25 heavy (non-hydrogen) atoms. The average molecular weight is 323 g/mol. The first kappa shape index (κ1) is 13.8. The Kier molecular flexibility index (Phi) is 2.74. The fourth-order valence-electron chi connectivity index (χ4n) is 3.39. The van der Waals surface area contributed by atoms with Crippen LogP contribution >= 0.6 is 0 Å². The fraction of sp³-hybridized carbons (Fsp3) is 0.0476. The van der Waals surface area contributed by atoms with E-state index in [-0.39, 0.29) is 0 Å². The number of aromatic nitrogens is 2. The highest BCUT2D eigenvalue weighted by Crippen LogP contribution is 2.33. The van der Waals surface area contributed by atoms with Gasteiger partial charge in [0.15, 0.2) is 5.58 Å². The Labute approximate surface area is 143 Å². The topological polar surface area (TPSA) is 45.7 Å². The molecule has 2 aromatic heterocycles. The SMILES string of the molecule is C[n+]1[c-]n(-c2ccccc2)c2cc3c(cc21)oc1c(C#N)cccc13. The number of imidazole rings is 1. The molecule has 4 nitrogen and oxygen atoms in total. The van der Waals surface area contributed by atoms with Crippen molar-refractivity contribution in [2.75, 3.05) is 0 Å². The minimum absolute atomic E-state index is 0.556. The normalized spacial score (nSPS) is 11.4. The second kappa shape index (κ2) is 4.96. The van der Waals surface area contributed by atoms with Gasteiger partial charge in [-0.05, 0) is 12.1 Å². The number of fused-ring (bicyclic) bond motifs is 4. The summed E-state index contributed by atoms with van der Waals surface area (Å²) in [5, 5.41) is 11.3. The van der Waals surface area contributed by atoms with Crippen LogP contribution in [-0.4, -0.2) is 4.57 Å². The van der Waals surface area contributed by atoms with Crippen molar-refractivity contribution >= 4 is 33.0 Å². The number of aryl methyl sites for hydroxylation is 1. The zero-order valence-electron chi connectivity index (χ0n) is 13.5. The van der Waals surface area contributed by atoms with Crippen molar-refractivity contribution < 1.29 is 8.98 Å². The highest BCUT2D eigenvalue weighted by Gasteiger charge is 2.14. The third-order valence-electron chi connectivity index (χ3n) is 4.58. The molecule has 4 heteroatoms. The van der Waals surface area contributed by atoms with Crippen molar-refractivity contribution in [3.63, 3.8) is 0 Å². The van der Waals surface area contributed by atoms with Crippen molar-refractivity contribution in [2.45, 2.75) is 0 Å². The molecule has 3 aromatic carbocycles. The lowest BCUT2D eigenvalue weighted by atomic mass is 10.1. The van der Waals surface area contributed by atoms with Crippen molar-refractivity contribution in [3.8, 4) is 11.8 Å². The predicted molar refractivity (Wildman–Crippen MR) is 95.3 cm³/mol. The van der Waals surface area contributed by atoms with Crippen LogP contribution in [0.2, 0.25) is 0 Å². The Bertz CT molecular complexity index is 1300. The lowest BCUT2D eigenvalue weighted by Crippen LogP contribution is -2.26. The van der Waals surface area contributed by atoms with Gasteiger partial charge in [-0.3, -0.25) is 0 Å². The average Bonchev–Trinajstić information content (AvgIpc) is 3.18. The Morgan fingerprint density at radius 3 is 2.68 bits per heavy atom. The van der Waals surface area contributed by atoms with Crippen molar-refractivity contribution in [3.05, 3.63) is 72.6 Å². The van der Waals surface area contributed by atoms with E-state index >= 15 is 0 Å². The predicted octanol–water partition coefficient (Wildman–Crippen LogP) is 4.03. The van der Waals surface area contributed by atoms with Gasteiger partial charge in [-0.25, -0.2) is 0 Å². The Balaban J connectivity index is 1.92. The molecule has 0 fully saturated rings. The van der Waals surface area contributed by atoms with Gasteiger partial charge >= 0.3 is 0 Å². The lowest BCUT2D eigenvalue weighted by molar-refractivity contribution is -0.649. The van der Waals surface area contributed by atoms with E-state index in [1.54, 1.807) is 6.07 Å². The standard InChI is InChI=1S/C21H13N3O/c1-23-13-24(15-7-3-2-4-8-15)19-10-17-16-9-5-6-14(12-22)21(16)25-20(17)11-18(19)23/h2-11H,1H3. The van der Waals surface area contributed by atoms with Crippen LogP contribution in [0.3, 0.4) is 0 Å². The van der Waals surface area contributed by atoms with E-state index in [1.807, 2.05) is 52.6 Å². The number of benzene rings is 3. The van der Waals surface area contributed by atoms with Crippen LogP contribution in [0.1, 0.15) is 5.56 Å². The fourth-order valence-corrected chi connectivity index (χ4v) is 3.39. The molecular weight excluding hydrogens is 310 g/mol. The largest absolute Gasteiger partial charge is 0.455 e. The molecule has 0 amide bonds. The summed E-state index contributed by atoms with van der Waals surface area (Å²) in [4.78, 5) is 0. The van der Waals surface area contributed by atoms with Gasteiger partial charge in [-0.2, -0.15) is 5.26 Å². The summed E-state index contributed by atoms with van der Waals surface area (Å²) in [7, 11) is 1.97. The zero-order valence-corrected chi connectivity index (χ0v) is 13.5. The van der Waals surface area contributed by atoms with Crippen LogP contribution in [0.15, 0.2) is 65.1 Å². The smallest absolute Gasteiger partial charge is 0.244 e. The van der Waals surface area contributed by atoms with Gasteiger partial charge in [0, 0.05) is 10.8 Å². The van der Waals surface area contributed by atoms with Gasteiger partial charge in [0.1, 0.15) is 11.7 Å². The van der Waals surface area contributed by atoms with Crippen LogP contribution in [0.4, 0.5) is 0 Å². The van der Waals surface area contributed by atoms with E-state index in [1.165, 1.54) is 0 Å². The molecule has 0 radical (unpaired) electrons. The van der Waals surface area contributed by atoms with Gasteiger partial charge in [0.25, 0.3) is 0 Å². The second-order valence-corrected chi connectivity index (χ2v) is 6.06. The van der Waals surface area contributed by atoms with Crippen LogP contribution in [-0.2, 0) is 7.05 Å². The van der Waals surface area contributed by atoms with Gasteiger partial charge in [0.05, 0.1) is 29.3 Å². The van der Waals surface area contributed by atoms with Crippen LogP contribution in [0.5, 0.6) is 0 Å². The molecule has 5 rings (SSSR count). The molecule has 0 saturated carbocycles. The van der Waals surface area contributed by atoms with Crippen LogP contribution in [0.25, 0.3) is 38.7 Å². The summed E-state index contributed by atoms with van der Waals surface area (Å²) < 4.78 is 10.00. The molecule has 0 N–H and O–H groups in total. The highest BCUT2D eigenvalue weighted by molar-refractivity contribution is 6.10. The first-order valence-electron chi connectivity index (χ1n) is 8.01. The van der Waals surface area contributed by atoms with Gasteiger partial charge in [0.2, 0.25) is 6.33 Å². The summed E-state index contributed by atoms with van der Waals surface area (Å²) in [5.74, 6) is 0. The molecule has 0 aliphatic rings. The minimum atomic E-state index is 0.556. The molecule has 0 saturated heterocycles. The lowest BCUT2D eigenvalue weighted by Gasteiger charge is -2.04. The summed E-state index contributed by atoms with van der Waals surface area (Å²) in [6.45, 7) is 0. The van der Waals surface area contributed by atoms with E-state index < -0.39 is 0 Å². The quantitative estimate of drug-likeness (QED) is 0.345. The number of hydrogen-bond donors (Lipinski definition) is 0. The molecular formula is C21H13N3O. The van der Waals surface area contributed by atoms with Gasteiger partial charge in [-0.15, -0.1) is 0 Å². The first-order valence-corrected chi connectivity index (χ1v) is 8.01. The summed E-state index contributed by atoms with van der Waals surface area (Å²) in [6, 6.07) is 22.1. The van der Waals surface area contributed by atoms with Crippen LogP contribution < -0.4 is 4.57 Å². The first-order chi connectivity index (χ1) is 12.3.